The first-order valence-electron chi connectivity index (χ1n) is 4.72. The van der Waals surface area contributed by atoms with Crippen molar-refractivity contribution in [3.8, 4) is 5.75 Å². The molecular weight excluding hydrogens is 162 g/mol. The molecule has 2 N–H and O–H groups in total. The molecule has 2 atom stereocenters. The van der Waals surface area contributed by atoms with Crippen molar-refractivity contribution in [2.24, 2.45) is 5.73 Å². The van der Waals surface area contributed by atoms with E-state index in [0.29, 0.717) is 6.10 Å². The van der Waals surface area contributed by atoms with Crippen LogP contribution in [0, 0.1) is 0 Å². The summed E-state index contributed by atoms with van der Waals surface area (Å²) in [6, 6.07) is 6.34. The van der Waals surface area contributed by atoms with E-state index in [1.807, 2.05) is 19.1 Å². The summed E-state index contributed by atoms with van der Waals surface area (Å²) in [6.07, 6.45) is 1.33. The maximum atomic E-state index is 5.80. The van der Waals surface area contributed by atoms with Gasteiger partial charge in [-0.15, -0.1) is 0 Å². The van der Waals surface area contributed by atoms with Crippen LogP contribution in [0.3, 0.4) is 0 Å². The maximum absolute atomic E-state index is 5.80. The van der Waals surface area contributed by atoms with Crippen LogP contribution in [0.5, 0.6) is 5.75 Å². The molecule has 13 heavy (non-hydrogen) atoms. The zero-order valence-corrected chi connectivity index (χ0v) is 8.08. The van der Waals surface area contributed by atoms with Crippen LogP contribution < -0.4 is 10.5 Å². The Morgan fingerprint density at radius 1 is 1.54 bits per heavy atom. The lowest BCUT2D eigenvalue weighted by atomic mass is 10.0. The average Bonchev–Trinajstić information content (AvgIpc) is 2.42. The van der Waals surface area contributed by atoms with Crippen LogP contribution in [0.2, 0.25) is 0 Å². The first-order chi connectivity index (χ1) is 6.16. The topological polar surface area (TPSA) is 35.2 Å². The fourth-order valence-electron chi connectivity index (χ4n) is 1.73. The molecule has 1 aliphatic rings. The minimum atomic E-state index is 0.112. The van der Waals surface area contributed by atoms with E-state index in [1.165, 1.54) is 11.1 Å². The molecule has 1 aromatic carbocycles. The van der Waals surface area contributed by atoms with Crippen molar-refractivity contribution in [1.82, 2.24) is 0 Å². The standard InChI is InChI=1S/C11H15NO/c1-7-5-10-6-9(8(2)12)3-4-11(10)13-7/h3-4,6-8H,5,12H2,1-2H3/t7-,8-/m1/s1. The van der Waals surface area contributed by atoms with Gasteiger partial charge in [0.1, 0.15) is 11.9 Å². The lowest BCUT2D eigenvalue weighted by Crippen LogP contribution is -2.05. The third kappa shape index (κ3) is 1.54. The predicted octanol–water partition coefficient (Wildman–Crippen LogP) is 2.03. The van der Waals surface area contributed by atoms with Gasteiger partial charge in [0.25, 0.3) is 0 Å². The smallest absolute Gasteiger partial charge is 0.123 e. The number of ether oxygens (including phenoxy) is 1. The second-order valence-electron chi connectivity index (χ2n) is 3.79. The van der Waals surface area contributed by atoms with Crippen molar-refractivity contribution in [1.29, 1.82) is 0 Å². The van der Waals surface area contributed by atoms with Gasteiger partial charge in [0.15, 0.2) is 0 Å². The zero-order valence-electron chi connectivity index (χ0n) is 8.08. The molecule has 0 aliphatic carbocycles. The van der Waals surface area contributed by atoms with Gasteiger partial charge in [0.05, 0.1) is 0 Å². The normalized spacial score (nSPS) is 22.2. The van der Waals surface area contributed by atoms with E-state index in [2.05, 4.69) is 13.0 Å². The summed E-state index contributed by atoms with van der Waals surface area (Å²) in [5, 5.41) is 0. The molecule has 70 valence electrons. The van der Waals surface area contributed by atoms with Crippen molar-refractivity contribution in [2.45, 2.75) is 32.4 Å². The number of hydrogen-bond acceptors (Lipinski definition) is 2. The molecule has 1 aliphatic heterocycles. The Labute approximate surface area is 78.7 Å². The van der Waals surface area contributed by atoms with E-state index in [4.69, 9.17) is 10.5 Å². The van der Waals surface area contributed by atoms with Crippen LogP contribution in [0.25, 0.3) is 0 Å². The van der Waals surface area contributed by atoms with Gasteiger partial charge in [-0.25, -0.2) is 0 Å². The van der Waals surface area contributed by atoms with E-state index < -0.39 is 0 Å². The van der Waals surface area contributed by atoms with Gasteiger partial charge in [-0.3, -0.25) is 0 Å². The number of hydrogen-bond donors (Lipinski definition) is 1. The molecule has 0 aromatic heterocycles. The fourth-order valence-corrected chi connectivity index (χ4v) is 1.73. The van der Waals surface area contributed by atoms with Crippen molar-refractivity contribution < 1.29 is 4.74 Å². The summed E-state index contributed by atoms with van der Waals surface area (Å²) >= 11 is 0. The highest BCUT2D eigenvalue weighted by Gasteiger charge is 2.19. The molecule has 2 heteroatoms. The van der Waals surface area contributed by atoms with Crippen LogP contribution in [-0.2, 0) is 6.42 Å². The highest BCUT2D eigenvalue weighted by atomic mass is 16.5. The van der Waals surface area contributed by atoms with Crippen LogP contribution in [0.4, 0.5) is 0 Å². The Hall–Kier alpha value is -1.02. The summed E-state index contributed by atoms with van der Waals surface area (Å²) in [4.78, 5) is 0. The molecule has 0 fully saturated rings. The molecule has 0 spiro atoms. The molecule has 0 saturated heterocycles. The quantitative estimate of drug-likeness (QED) is 0.712. The van der Waals surface area contributed by atoms with Gasteiger partial charge in [0, 0.05) is 12.5 Å². The number of rotatable bonds is 1. The molecular formula is C11H15NO. The van der Waals surface area contributed by atoms with Gasteiger partial charge >= 0.3 is 0 Å². The van der Waals surface area contributed by atoms with Gasteiger partial charge in [-0.2, -0.15) is 0 Å². The fraction of sp³-hybridized carbons (Fsp3) is 0.455. The Morgan fingerprint density at radius 2 is 2.31 bits per heavy atom. The summed E-state index contributed by atoms with van der Waals surface area (Å²) in [5.41, 5.74) is 8.29. The summed E-state index contributed by atoms with van der Waals surface area (Å²) in [5.74, 6) is 1.02. The highest BCUT2D eigenvalue weighted by molar-refractivity contribution is 5.41. The first kappa shape index (κ1) is 8.57. The minimum absolute atomic E-state index is 0.112. The van der Waals surface area contributed by atoms with Crippen molar-refractivity contribution in [3.63, 3.8) is 0 Å². The van der Waals surface area contributed by atoms with E-state index in [9.17, 15) is 0 Å². The second kappa shape index (κ2) is 3.04. The van der Waals surface area contributed by atoms with E-state index >= 15 is 0 Å². The molecule has 0 amide bonds. The van der Waals surface area contributed by atoms with Gasteiger partial charge < -0.3 is 10.5 Å². The molecule has 1 aromatic rings. The molecule has 2 nitrogen and oxygen atoms in total. The lowest BCUT2D eigenvalue weighted by molar-refractivity contribution is 0.254. The number of benzene rings is 1. The Bertz CT molecular complexity index is 320. The van der Waals surface area contributed by atoms with Crippen molar-refractivity contribution >= 4 is 0 Å². The molecule has 0 bridgehead atoms. The van der Waals surface area contributed by atoms with Gasteiger partial charge in [0.2, 0.25) is 0 Å². The Morgan fingerprint density at radius 3 is 3.00 bits per heavy atom. The predicted molar refractivity (Wildman–Crippen MR) is 52.8 cm³/mol. The number of fused-ring (bicyclic) bond motifs is 1. The Kier molecular flexibility index (Phi) is 2.00. The molecule has 2 rings (SSSR count). The van der Waals surface area contributed by atoms with Crippen molar-refractivity contribution in [3.05, 3.63) is 29.3 Å². The van der Waals surface area contributed by atoms with Crippen molar-refractivity contribution in [2.75, 3.05) is 0 Å². The van der Waals surface area contributed by atoms with Crippen LogP contribution in [-0.4, -0.2) is 6.10 Å². The second-order valence-corrected chi connectivity index (χ2v) is 3.79. The summed E-state index contributed by atoms with van der Waals surface area (Å²) in [7, 11) is 0. The van der Waals surface area contributed by atoms with E-state index in [1.54, 1.807) is 0 Å². The third-order valence-electron chi connectivity index (χ3n) is 2.45. The van der Waals surface area contributed by atoms with Crippen LogP contribution >= 0.6 is 0 Å². The zero-order chi connectivity index (χ0) is 9.42. The summed E-state index contributed by atoms with van der Waals surface area (Å²) in [6.45, 7) is 4.09. The highest BCUT2D eigenvalue weighted by Crippen LogP contribution is 2.30. The number of nitrogens with two attached hydrogens (primary N) is 1. The third-order valence-corrected chi connectivity index (χ3v) is 2.45. The monoisotopic (exact) mass is 177 g/mol. The van der Waals surface area contributed by atoms with Crippen LogP contribution in [0.1, 0.15) is 31.0 Å². The SMILES string of the molecule is C[C@@H]1Cc2cc([C@@H](C)N)ccc2O1. The van der Waals surface area contributed by atoms with Gasteiger partial charge in [-0.05, 0) is 31.0 Å². The summed E-state index contributed by atoms with van der Waals surface area (Å²) < 4.78 is 5.60. The maximum Gasteiger partial charge on any atom is 0.123 e. The largest absolute Gasteiger partial charge is 0.490 e. The molecule has 0 radical (unpaired) electrons. The lowest BCUT2D eigenvalue weighted by Gasteiger charge is -2.06. The minimum Gasteiger partial charge on any atom is -0.490 e. The molecule has 0 saturated carbocycles. The molecule has 1 heterocycles. The van der Waals surface area contributed by atoms with E-state index in [-0.39, 0.29) is 6.04 Å². The molecule has 0 unspecified atom stereocenters. The van der Waals surface area contributed by atoms with E-state index in [0.717, 1.165) is 12.2 Å². The van der Waals surface area contributed by atoms with Crippen LogP contribution in [0.15, 0.2) is 18.2 Å². The van der Waals surface area contributed by atoms with Gasteiger partial charge in [-0.1, -0.05) is 12.1 Å². The average molecular weight is 177 g/mol. The first-order valence-corrected chi connectivity index (χ1v) is 4.72. The Balaban J connectivity index is 2.35.